The van der Waals surface area contributed by atoms with Crippen molar-refractivity contribution in [2.75, 3.05) is 32.9 Å². The molecule has 1 aromatic carbocycles. The predicted octanol–water partition coefficient (Wildman–Crippen LogP) is 2.73. The Labute approximate surface area is 167 Å². The zero-order chi connectivity index (χ0) is 20.4. The van der Waals surface area contributed by atoms with Crippen molar-refractivity contribution >= 4 is 11.8 Å². The van der Waals surface area contributed by atoms with Crippen molar-refractivity contribution in [1.82, 2.24) is 20.0 Å². The molecule has 7 heteroatoms. The van der Waals surface area contributed by atoms with Crippen LogP contribution in [0.4, 0.5) is 5.82 Å². The van der Waals surface area contributed by atoms with E-state index >= 15 is 0 Å². The summed E-state index contributed by atoms with van der Waals surface area (Å²) in [5.74, 6) is 1.24. The monoisotopic (exact) mass is 379 g/mol. The maximum atomic E-state index is 9.49. The van der Waals surface area contributed by atoms with Gasteiger partial charge in [-0.05, 0) is 37.8 Å². The van der Waals surface area contributed by atoms with Crippen LogP contribution in [0.15, 0.2) is 48.0 Å². The molecule has 0 unspecified atom stereocenters. The smallest absolute Gasteiger partial charge is 0.193 e. The van der Waals surface area contributed by atoms with Crippen molar-refractivity contribution in [3.63, 3.8) is 0 Å². The van der Waals surface area contributed by atoms with Crippen LogP contribution in [-0.2, 0) is 6.42 Å². The van der Waals surface area contributed by atoms with Crippen LogP contribution >= 0.6 is 0 Å². The Kier molecular flexibility index (Phi) is 8.10. The molecule has 1 heterocycles. The second-order valence-corrected chi connectivity index (χ2v) is 6.50. The Bertz CT molecular complexity index is 830. The number of aryl methyl sites for hydroxylation is 1. The molecule has 0 saturated carbocycles. The van der Waals surface area contributed by atoms with Crippen LogP contribution in [0.5, 0.6) is 0 Å². The number of aromatic nitrogens is 2. The molecule has 0 aliphatic carbocycles. The fourth-order valence-electron chi connectivity index (χ4n) is 2.96. The third-order valence-corrected chi connectivity index (χ3v) is 4.45. The number of hydrogen-bond donors (Lipinski definition) is 2. The topological polar surface area (TPSA) is 95.3 Å². The first-order valence-electron chi connectivity index (χ1n) is 9.48. The van der Waals surface area contributed by atoms with Gasteiger partial charge in [0.2, 0.25) is 0 Å². The number of unbranched alkanes of at least 4 members (excludes halogenated alkanes) is 1. The van der Waals surface area contributed by atoms with Crippen molar-refractivity contribution in [3.8, 4) is 11.8 Å². The number of guanidine groups is 1. The largest absolute Gasteiger partial charge is 0.382 e. The molecule has 0 spiro atoms. The first kappa shape index (κ1) is 21.0. The number of nitrogen functional groups attached to an aromatic ring is 1. The van der Waals surface area contributed by atoms with Crippen LogP contribution in [0.3, 0.4) is 0 Å². The van der Waals surface area contributed by atoms with E-state index in [1.165, 1.54) is 0 Å². The Balaban J connectivity index is 1.94. The third-order valence-electron chi connectivity index (χ3n) is 4.45. The molecule has 3 N–H and O–H groups in total. The molecule has 0 fully saturated rings. The SMILES string of the molecule is C=CCCCN(C)C(=NC)NCCCc1nn(-c2ccccc2)c(N)c1C#N. The standard InChI is InChI=1S/C21H29N7/c1-4-5-9-15-27(3)21(24-2)25-14-10-13-19-18(16-22)20(23)28(26-19)17-11-7-6-8-12-17/h4,6-8,11-12H,1,5,9-10,13-15,23H2,2-3H3,(H,24,25). The Morgan fingerprint density at radius 3 is 2.79 bits per heavy atom. The van der Waals surface area contributed by atoms with Crippen LogP contribution < -0.4 is 11.1 Å². The lowest BCUT2D eigenvalue weighted by Gasteiger charge is -2.21. The van der Waals surface area contributed by atoms with E-state index in [1.54, 1.807) is 11.7 Å². The lowest BCUT2D eigenvalue weighted by molar-refractivity contribution is 0.469. The molecule has 0 aliphatic rings. The predicted molar refractivity (Wildman–Crippen MR) is 114 cm³/mol. The Morgan fingerprint density at radius 1 is 1.39 bits per heavy atom. The van der Waals surface area contributed by atoms with Gasteiger partial charge in [-0.3, -0.25) is 4.99 Å². The number of nitrogens with one attached hydrogen (secondary N) is 1. The number of rotatable bonds is 9. The van der Waals surface area contributed by atoms with Crippen LogP contribution in [0.2, 0.25) is 0 Å². The average Bonchev–Trinajstić information content (AvgIpc) is 3.04. The lowest BCUT2D eigenvalue weighted by Crippen LogP contribution is -2.39. The molecule has 0 radical (unpaired) electrons. The minimum Gasteiger partial charge on any atom is -0.382 e. The number of nitrogens with zero attached hydrogens (tertiary/aromatic N) is 5. The van der Waals surface area contributed by atoms with E-state index in [-0.39, 0.29) is 0 Å². The van der Waals surface area contributed by atoms with E-state index < -0.39 is 0 Å². The van der Waals surface area contributed by atoms with Gasteiger partial charge in [0, 0.05) is 27.2 Å². The van der Waals surface area contributed by atoms with E-state index in [0.29, 0.717) is 17.8 Å². The molecule has 148 valence electrons. The maximum Gasteiger partial charge on any atom is 0.193 e. The summed E-state index contributed by atoms with van der Waals surface area (Å²) in [5, 5.41) is 17.4. The number of aliphatic imine (C=N–C) groups is 1. The van der Waals surface area contributed by atoms with E-state index in [9.17, 15) is 5.26 Å². The number of para-hydroxylation sites is 1. The van der Waals surface area contributed by atoms with Gasteiger partial charge in [0.05, 0.1) is 11.4 Å². The summed E-state index contributed by atoms with van der Waals surface area (Å²) < 4.78 is 1.63. The molecule has 2 rings (SSSR count). The van der Waals surface area contributed by atoms with Gasteiger partial charge in [0.15, 0.2) is 5.96 Å². The second kappa shape index (κ2) is 10.8. The number of nitrogens with two attached hydrogens (primary N) is 1. The highest BCUT2D eigenvalue weighted by atomic mass is 15.3. The molecule has 2 aromatic rings. The normalized spacial score (nSPS) is 11.1. The average molecular weight is 380 g/mol. The molecule has 28 heavy (non-hydrogen) atoms. The number of anilines is 1. The van der Waals surface area contributed by atoms with Gasteiger partial charge in [-0.1, -0.05) is 24.3 Å². The van der Waals surface area contributed by atoms with Crippen LogP contribution in [0.1, 0.15) is 30.5 Å². The molecular weight excluding hydrogens is 350 g/mol. The van der Waals surface area contributed by atoms with E-state index in [1.807, 2.05) is 43.5 Å². The van der Waals surface area contributed by atoms with Crippen molar-refractivity contribution in [3.05, 3.63) is 54.2 Å². The van der Waals surface area contributed by atoms with Crippen LogP contribution in [-0.4, -0.2) is 47.8 Å². The quantitative estimate of drug-likeness (QED) is 0.302. The van der Waals surface area contributed by atoms with Gasteiger partial charge in [-0.2, -0.15) is 10.4 Å². The number of benzene rings is 1. The number of hydrogen-bond acceptors (Lipinski definition) is 4. The third kappa shape index (κ3) is 5.36. The fourth-order valence-corrected chi connectivity index (χ4v) is 2.96. The zero-order valence-electron chi connectivity index (χ0n) is 16.7. The van der Waals surface area contributed by atoms with Gasteiger partial charge in [0.1, 0.15) is 17.5 Å². The summed E-state index contributed by atoms with van der Waals surface area (Å²) in [5.41, 5.74) is 8.17. The van der Waals surface area contributed by atoms with Crippen molar-refractivity contribution in [2.24, 2.45) is 4.99 Å². The summed E-state index contributed by atoms with van der Waals surface area (Å²) in [4.78, 5) is 6.42. The van der Waals surface area contributed by atoms with Gasteiger partial charge in [-0.25, -0.2) is 4.68 Å². The highest BCUT2D eigenvalue weighted by Gasteiger charge is 2.16. The summed E-state index contributed by atoms with van der Waals surface area (Å²) in [6.07, 6.45) is 5.44. The van der Waals surface area contributed by atoms with E-state index in [0.717, 1.165) is 49.7 Å². The molecular formula is C21H29N7. The summed E-state index contributed by atoms with van der Waals surface area (Å²) >= 11 is 0. The van der Waals surface area contributed by atoms with Crippen LogP contribution in [0, 0.1) is 11.3 Å². The second-order valence-electron chi connectivity index (χ2n) is 6.50. The Hall–Kier alpha value is -3.27. The van der Waals surface area contributed by atoms with E-state index in [2.05, 4.69) is 33.0 Å². The highest BCUT2D eigenvalue weighted by Crippen LogP contribution is 2.21. The van der Waals surface area contributed by atoms with Crippen molar-refractivity contribution < 1.29 is 0 Å². The van der Waals surface area contributed by atoms with Crippen molar-refractivity contribution in [1.29, 1.82) is 5.26 Å². The molecule has 7 nitrogen and oxygen atoms in total. The minimum absolute atomic E-state index is 0.384. The first-order valence-corrected chi connectivity index (χ1v) is 9.48. The van der Waals surface area contributed by atoms with Gasteiger partial charge < -0.3 is 16.0 Å². The summed E-state index contributed by atoms with van der Waals surface area (Å²) in [6, 6.07) is 11.8. The molecule has 0 saturated heterocycles. The number of allylic oxidation sites excluding steroid dienone is 1. The van der Waals surface area contributed by atoms with Crippen molar-refractivity contribution in [2.45, 2.75) is 25.7 Å². The lowest BCUT2D eigenvalue weighted by atomic mass is 10.1. The Morgan fingerprint density at radius 2 is 2.14 bits per heavy atom. The molecule has 1 aromatic heterocycles. The summed E-state index contributed by atoms with van der Waals surface area (Å²) in [6.45, 7) is 5.41. The fraction of sp³-hybridized carbons (Fsp3) is 0.381. The minimum atomic E-state index is 0.384. The molecule has 0 amide bonds. The molecule has 0 aliphatic heterocycles. The van der Waals surface area contributed by atoms with Gasteiger partial charge >= 0.3 is 0 Å². The molecule has 0 atom stereocenters. The highest BCUT2D eigenvalue weighted by molar-refractivity contribution is 5.79. The van der Waals surface area contributed by atoms with Crippen LogP contribution in [0.25, 0.3) is 5.69 Å². The zero-order valence-corrected chi connectivity index (χ0v) is 16.7. The first-order chi connectivity index (χ1) is 13.6. The summed E-state index contributed by atoms with van der Waals surface area (Å²) in [7, 11) is 3.80. The van der Waals surface area contributed by atoms with Gasteiger partial charge in [-0.15, -0.1) is 6.58 Å². The maximum absolute atomic E-state index is 9.49. The molecule has 0 bridgehead atoms. The van der Waals surface area contributed by atoms with Gasteiger partial charge in [0.25, 0.3) is 0 Å². The van der Waals surface area contributed by atoms with E-state index in [4.69, 9.17) is 5.73 Å². The number of nitriles is 1.